The van der Waals surface area contributed by atoms with Crippen molar-refractivity contribution >= 4 is 29.1 Å². The monoisotopic (exact) mass is 416 g/mol. The molecule has 1 aliphatic rings. The second-order valence-corrected chi connectivity index (χ2v) is 7.72. The Morgan fingerprint density at radius 2 is 1.86 bits per heavy atom. The van der Waals surface area contributed by atoms with E-state index in [0.717, 1.165) is 16.0 Å². The fourth-order valence-corrected chi connectivity index (χ4v) is 3.64. The minimum atomic E-state index is -0.527. The van der Waals surface area contributed by atoms with E-state index in [1.165, 1.54) is 0 Å². The van der Waals surface area contributed by atoms with Crippen LogP contribution in [0.15, 0.2) is 48.5 Å². The van der Waals surface area contributed by atoms with E-state index in [2.05, 4.69) is 5.32 Å². The number of anilines is 1. The molecule has 0 radical (unpaired) electrons. The van der Waals surface area contributed by atoms with Crippen LogP contribution in [-0.2, 0) is 14.3 Å². The summed E-state index contributed by atoms with van der Waals surface area (Å²) in [4.78, 5) is 28.5. The molecule has 2 amide bonds. The highest BCUT2D eigenvalue weighted by molar-refractivity contribution is 6.31. The SMILES string of the molecule is Cc1ccc(NC(=O)[C@H](c2ccccc2)[NH+](C)CC(=O)N2CCOCC2)cc1Cl. The summed E-state index contributed by atoms with van der Waals surface area (Å²) >= 11 is 6.19. The molecular weight excluding hydrogens is 390 g/mol. The molecule has 0 aromatic heterocycles. The maximum Gasteiger partial charge on any atom is 0.287 e. The van der Waals surface area contributed by atoms with Gasteiger partial charge in [0.1, 0.15) is 0 Å². The van der Waals surface area contributed by atoms with Crippen molar-refractivity contribution in [3.63, 3.8) is 0 Å². The molecule has 29 heavy (non-hydrogen) atoms. The second kappa shape index (κ2) is 9.87. The molecule has 1 heterocycles. The average Bonchev–Trinajstić information content (AvgIpc) is 2.72. The standard InChI is InChI=1S/C22H26ClN3O3/c1-16-8-9-18(14-19(16)23)24-22(28)21(17-6-4-3-5-7-17)25(2)15-20(27)26-10-12-29-13-11-26/h3-9,14,21H,10-13,15H2,1-2H3,(H,24,28)/p+1/t21-/m0/s1. The van der Waals surface area contributed by atoms with Gasteiger partial charge in [-0.15, -0.1) is 0 Å². The molecule has 3 rings (SSSR count). The van der Waals surface area contributed by atoms with Gasteiger partial charge in [0.15, 0.2) is 12.6 Å². The molecule has 0 saturated carbocycles. The number of benzene rings is 2. The lowest BCUT2D eigenvalue weighted by molar-refractivity contribution is -0.894. The Bertz CT molecular complexity index is 854. The second-order valence-electron chi connectivity index (χ2n) is 7.31. The summed E-state index contributed by atoms with van der Waals surface area (Å²) < 4.78 is 5.32. The van der Waals surface area contributed by atoms with Gasteiger partial charge in [-0.05, 0) is 24.6 Å². The third-order valence-corrected chi connectivity index (χ3v) is 5.53. The Labute approximate surface area is 176 Å². The van der Waals surface area contributed by atoms with Gasteiger partial charge in [0.2, 0.25) is 0 Å². The molecule has 0 bridgehead atoms. The number of likely N-dealkylation sites (N-methyl/N-ethyl adjacent to an activating group) is 1. The van der Waals surface area contributed by atoms with Crippen LogP contribution in [0.4, 0.5) is 5.69 Å². The van der Waals surface area contributed by atoms with Gasteiger partial charge in [0.05, 0.1) is 20.3 Å². The zero-order chi connectivity index (χ0) is 20.8. The summed E-state index contributed by atoms with van der Waals surface area (Å²) in [6.45, 7) is 4.44. The van der Waals surface area contributed by atoms with Crippen LogP contribution in [0, 0.1) is 6.92 Å². The predicted molar refractivity (Wildman–Crippen MR) is 113 cm³/mol. The first-order valence-corrected chi connectivity index (χ1v) is 10.1. The van der Waals surface area contributed by atoms with E-state index >= 15 is 0 Å². The van der Waals surface area contributed by atoms with Crippen LogP contribution in [0.2, 0.25) is 5.02 Å². The maximum absolute atomic E-state index is 13.2. The number of carbonyl (C=O) groups excluding carboxylic acids is 2. The molecule has 1 unspecified atom stereocenters. The molecule has 2 aromatic carbocycles. The zero-order valence-electron chi connectivity index (χ0n) is 16.8. The Balaban J connectivity index is 1.77. The number of nitrogens with one attached hydrogen (secondary N) is 2. The summed E-state index contributed by atoms with van der Waals surface area (Å²) in [5, 5.41) is 3.55. The summed E-state index contributed by atoms with van der Waals surface area (Å²) in [6.07, 6.45) is 0. The number of ether oxygens (including phenoxy) is 1. The normalized spacial score (nSPS) is 16.2. The van der Waals surface area contributed by atoms with Gasteiger partial charge in [-0.1, -0.05) is 48.0 Å². The predicted octanol–water partition coefficient (Wildman–Crippen LogP) is 1.70. The Morgan fingerprint density at radius 3 is 2.52 bits per heavy atom. The molecule has 1 saturated heterocycles. The number of halogens is 1. The number of amides is 2. The molecular formula is C22H27ClN3O3+. The first kappa shape index (κ1) is 21.3. The quantitative estimate of drug-likeness (QED) is 0.753. The van der Waals surface area contributed by atoms with E-state index in [1.807, 2.05) is 56.4 Å². The van der Waals surface area contributed by atoms with E-state index in [1.54, 1.807) is 11.0 Å². The molecule has 1 aliphatic heterocycles. The van der Waals surface area contributed by atoms with E-state index in [9.17, 15) is 9.59 Å². The van der Waals surface area contributed by atoms with Gasteiger partial charge in [-0.2, -0.15) is 0 Å². The molecule has 7 heteroatoms. The number of carbonyl (C=O) groups is 2. The topological polar surface area (TPSA) is 63.1 Å². The first-order valence-electron chi connectivity index (χ1n) is 9.75. The largest absolute Gasteiger partial charge is 0.378 e. The van der Waals surface area contributed by atoms with Gasteiger partial charge < -0.3 is 19.9 Å². The van der Waals surface area contributed by atoms with Crippen molar-refractivity contribution in [1.82, 2.24) is 4.90 Å². The molecule has 0 aliphatic carbocycles. The van der Waals surface area contributed by atoms with Crippen LogP contribution in [0.25, 0.3) is 0 Å². The van der Waals surface area contributed by atoms with Crippen LogP contribution < -0.4 is 10.2 Å². The zero-order valence-corrected chi connectivity index (χ0v) is 17.5. The number of hydrogen-bond donors (Lipinski definition) is 2. The molecule has 2 aromatic rings. The molecule has 154 valence electrons. The smallest absolute Gasteiger partial charge is 0.287 e. The van der Waals surface area contributed by atoms with Crippen molar-refractivity contribution in [3.8, 4) is 0 Å². The van der Waals surface area contributed by atoms with E-state index in [0.29, 0.717) is 37.0 Å². The van der Waals surface area contributed by atoms with Crippen LogP contribution in [-0.4, -0.2) is 56.6 Å². The van der Waals surface area contributed by atoms with Gasteiger partial charge in [-0.25, -0.2) is 0 Å². The number of quaternary nitrogens is 1. The van der Waals surface area contributed by atoms with Crippen LogP contribution in [0.3, 0.4) is 0 Å². The highest BCUT2D eigenvalue weighted by Crippen LogP contribution is 2.21. The van der Waals surface area contributed by atoms with Crippen LogP contribution in [0.5, 0.6) is 0 Å². The number of rotatable bonds is 6. The molecule has 6 nitrogen and oxygen atoms in total. The van der Waals surface area contributed by atoms with Crippen LogP contribution in [0.1, 0.15) is 17.2 Å². The van der Waals surface area contributed by atoms with Crippen molar-refractivity contribution < 1.29 is 19.2 Å². The summed E-state index contributed by atoms with van der Waals surface area (Å²) in [5.74, 6) is -0.152. The molecule has 2 atom stereocenters. The van der Waals surface area contributed by atoms with Gasteiger partial charge >= 0.3 is 0 Å². The summed E-state index contributed by atoms with van der Waals surface area (Å²) in [5.41, 5.74) is 2.44. The van der Waals surface area contributed by atoms with Gasteiger partial charge in [0, 0.05) is 29.4 Å². The van der Waals surface area contributed by atoms with Gasteiger partial charge in [0.25, 0.3) is 11.8 Å². The lowest BCUT2D eigenvalue weighted by Crippen LogP contribution is -3.11. The number of aryl methyl sites for hydroxylation is 1. The highest BCUT2D eigenvalue weighted by atomic mass is 35.5. The van der Waals surface area contributed by atoms with E-state index in [4.69, 9.17) is 16.3 Å². The maximum atomic E-state index is 13.2. The summed E-state index contributed by atoms with van der Waals surface area (Å²) in [7, 11) is 1.87. The summed E-state index contributed by atoms with van der Waals surface area (Å²) in [6, 6.07) is 14.4. The van der Waals surface area contributed by atoms with Crippen molar-refractivity contribution in [2.75, 3.05) is 45.2 Å². The minimum absolute atomic E-state index is 0.0258. The average molecular weight is 417 g/mol. The van der Waals surface area contributed by atoms with Crippen molar-refractivity contribution in [2.45, 2.75) is 13.0 Å². The molecule has 2 N–H and O–H groups in total. The van der Waals surface area contributed by atoms with E-state index in [-0.39, 0.29) is 18.4 Å². The number of morpholine rings is 1. The number of nitrogens with zero attached hydrogens (tertiary/aromatic N) is 1. The lowest BCUT2D eigenvalue weighted by Gasteiger charge is -2.30. The molecule has 0 spiro atoms. The van der Waals surface area contributed by atoms with Crippen molar-refractivity contribution in [1.29, 1.82) is 0 Å². The molecule has 1 fully saturated rings. The third kappa shape index (κ3) is 5.56. The number of hydrogen-bond acceptors (Lipinski definition) is 3. The Morgan fingerprint density at radius 1 is 1.17 bits per heavy atom. The van der Waals surface area contributed by atoms with Crippen molar-refractivity contribution in [3.05, 3.63) is 64.7 Å². The highest BCUT2D eigenvalue weighted by Gasteiger charge is 2.32. The van der Waals surface area contributed by atoms with Crippen molar-refractivity contribution in [2.24, 2.45) is 0 Å². The fraction of sp³-hybridized carbons (Fsp3) is 0.364. The third-order valence-electron chi connectivity index (χ3n) is 5.12. The minimum Gasteiger partial charge on any atom is -0.378 e. The Hall–Kier alpha value is -2.41. The Kier molecular flexibility index (Phi) is 7.25. The fourth-order valence-electron chi connectivity index (χ4n) is 3.46. The lowest BCUT2D eigenvalue weighted by atomic mass is 10.0. The first-order chi connectivity index (χ1) is 14.0. The van der Waals surface area contributed by atoms with Gasteiger partial charge in [-0.3, -0.25) is 9.59 Å². The van der Waals surface area contributed by atoms with E-state index < -0.39 is 6.04 Å². The van der Waals surface area contributed by atoms with Crippen LogP contribution >= 0.6 is 11.6 Å².